The molecule has 1 aromatic carbocycles. The van der Waals surface area contributed by atoms with Crippen molar-refractivity contribution in [3.05, 3.63) is 47.9 Å². The third-order valence-corrected chi connectivity index (χ3v) is 7.60. The highest BCUT2D eigenvalue weighted by atomic mass is 32.2. The highest BCUT2D eigenvalue weighted by Gasteiger charge is 2.38. The first-order valence-electron chi connectivity index (χ1n) is 12.1. The number of hydrogen-bond acceptors (Lipinski definition) is 7. The maximum atomic E-state index is 13.4. The minimum Gasteiger partial charge on any atom is -0.475 e. The molecule has 2 saturated heterocycles. The average Bonchev–Trinajstić information content (AvgIpc) is 2.89. The van der Waals surface area contributed by atoms with E-state index in [1.807, 2.05) is 4.90 Å². The molecule has 3 heterocycles. The number of hydrogen-bond donors (Lipinski definition) is 3. The molecule has 0 spiro atoms. The lowest BCUT2D eigenvalue weighted by Gasteiger charge is -2.33. The molecule has 0 bridgehead atoms. The van der Waals surface area contributed by atoms with E-state index in [-0.39, 0.29) is 16.5 Å². The monoisotopic (exact) mass is 575 g/mol. The van der Waals surface area contributed by atoms with E-state index in [0.29, 0.717) is 43.5 Å². The second-order valence-electron chi connectivity index (χ2n) is 9.17. The zero-order chi connectivity index (χ0) is 28.8. The first kappa shape index (κ1) is 30.1. The lowest BCUT2D eigenvalue weighted by atomic mass is 9.98. The number of alkyl halides is 3. The van der Waals surface area contributed by atoms with Gasteiger partial charge in [0.05, 0.1) is 22.3 Å². The number of aliphatic carboxylic acids is 1. The molecule has 3 N–H and O–H groups in total. The molecule has 15 heteroatoms. The van der Waals surface area contributed by atoms with Crippen LogP contribution in [0.25, 0.3) is 0 Å². The number of amides is 1. The van der Waals surface area contributed by atoms with Gasteiger partial charge < -0.3 is 20.2 Å². The molecule has 4 rings (SSSR count). The van der Waals surface area contributed by atoms with Crippen LogP contribution in [0.3, 0.4) is 0 Å². The van der Waals surface area contributed by atoms with Gasteiger partial charge in [-0.1, -0.05) is 6.92 Å². The summed E-state index contributed by atoms with van der Waals surface area (Å²) in [4.78, 5) is 30.6. The number of likely N-dealkylation sites (tertiary alicyclic amines) is 1. The summed E-state index contributed by atoms with van der Waals surface area (Å²) in [7, 11) is -3.95. The Kier molecular flexibility index (Phi) is 9.72. The molecular weight excluding hydrogens is 546 g/mol. The number of carbonyl (C=O) groups is 2. The largest absolute Gasteiger partial charge is 0.490 e. The number of piperazine rings is 1. The molecule has 2 aliphatic heterocycles. The minimum atomic E-state index is -5.08. The number of sulfonamides is 1. The van der Waals surface area contributed by atoms with Gasteiger partial charge in [-0.05, 0) is 49.1 Å². The highest BCUT2D eigenvalue weighted by molar-refractivity contribution is 7.92. The number of pyridine rings is 1. The van der Waals surface area contributed by atoms with E-state index in [1.165, 1.54) is 18.3 Å². The van der Waals surface area contributed by atoms with E-state index >= 15 is 0 Å². The van der Waals surface area contributed by atoms with Crippen molar-refractivity contribution in [1.82, 2.24) is 15.2 Å². The molecule has 1 amide bonds. The topological polar surface area (TPSA) is 132 Å². The molecule has 0 atom stereocenters. The van der Waals surface area contributed by atoms with Gasteiger partial charge in [-0.2, -0.15) is 13.2 Å². The molecule has 214 valence electrons. The van der Waals surface area contributed by atoms with Crippen molar-refractivity contribution in [2.24, 2.45) is 5.92 Å². The lowest BCUT2D eigenvalue weighted by Crippen LogP contribution is -2.45. The Bertz CT molecular complexity index is 1260. The summed E-state index contributed by atoms with van der Waals surface area (Å²) >= 11 is 0. The summed E-state index contributed by atoms with van der Waals surface area (Å²) in [6.07, 6.45) is -1.77. The van der Waals surface area contributed by atoms with Crippen LogP contribution in [0.5, 0.6) is 0 Å². The number of carboxylic acid groups (broad SMARTS) is 1. The molecule has 2 fully saturated rings. The Morgan fingerprint density at radius 2 is 1.64 bits per heavy atom. The Hall–Kier alpha value is -3.46. The molecule has 1 aromatic heterocycles. The number of nitrogens with zero attached hydrogens (tertiary/aromatic N) is 3. The number of halogens is 4. The molecule has 39 heavy (non-hydrogen) atoms. The van der Waals surface area contributed by atoms with Crippen LogP contribution in [0.1, 0.15) is 30.1 Å². The highest BCUT2D eigenvalue weighted by Crippen LogP contribution is 2.27. The predicted octanol–water partition coefficient (Wildman–Crippen LogP) is 2.94. The maximum absolute atomic E-state index is 13.4. The fourth-order valence-electron chi connectivity index (χ4n) is 4.01. The molecule has 0 radical (unpaired) electrons. The van der Waals surface area contributed by atoms with E-state index in [0.717, 1.165) is 38.1 Å². The first-order valence-corrected chi connectivity index (χ1v) is 13.6. The zero-order valence-corrected chi connectivity index (χ0v) is 21.9. The number of nitrogens with one attached hydrogen (secondary N) is 2. The van der Waals surface area contributed by atoms with Crippen molar-refractivity contribution in [2.75, 3.05) is 48.9 Å². The number of rotatable bonds is 5. The Labute approximate surface area is 223 Å². The summed E-state index contributed by atoms with van der Waals surface area (Å²) in [5.41, 5.74) is 0.586. The molecule has 0 aliphatic carbocycles. The maximum Gasteiger partial charge on any atom is 0.490 e. The Balaban J connectivity index is 0.000000532. The standard InChI is InChI=1S/C22H28FN5O3S.C2HF3O2/c1-16-6-10-28(11-7-16)22(29)20-14-18(15-25-21(20)27-12-8-24-9-13-27)26-32(30,31)19-4-2-17(23)3-5-19;3-2(4,5)1(6)7/h2-5,14-16,24,26H,6-13H2,1H3;(H,6,7). The minimum absolute atomic E-state index is 0.0667. The number of carbonyl (C=O) groups excluding carboxylic acids is 1. The van der Waals surface area contributed by atoms with Gasteiger partial charge in [-0.3, -0.25) is 9.52 Å². The summed E-state index contributed by atoms with van der Waals surface area (Å²) in [6.45, 7) is 6.53. The van der Waals surface area contributed by atoms with E-state index < -0.39 is 28.0 Å². The van der Waals surface area contributed by atoms with Gasteiger partial charge in [-0.15, -0.1) is 0 Å². The second kappa shape index (κ2) is 12.6. The van der Waals surface area contributed by atoms with Crippen LogP contribution in [0.15, 0.2) is 41.4 Å². The number of aromatic nitrogens is 1. The molecule has 0 saturated carbocycles. The zero-order valence-electron chi connectivity index (χ0n) is 21.0. The second-order valence-corrected chi connectivity index (χ2v) is 10.9. The van der Waals surface area contributed by atoms with Gasteiger partial charge in [0.15, 0.2) is 0 Å². The molecule has 2 aliphatic rings. The summed E-state index contributed by atoms with van der Waals surface area (Å²) in [5.74, 6) is -2.26. The number of piperidine rings is 1. The van der Waals surface area contributed by atoms with Crippen molar-refractivity contribution >= 4 is 33.4 Å². The van der Waals surface area contributed by atoms with Crippen LogP contribution in [-0.4, -0.2) is 80.7 Å². The van der Waals surface area contributed by atoms with Crippen LogP contribution in [-0.2, 0) is 14.8 Å². The van der Waals surface area contributed by atoms with Crippen LogP contribution in [0, 0.1) is 11.7 Å². The number of carboxylic acids is 1. The summed E-state index contributed by atoms with van der Waals surface area (Å²) in [5, 5.41) is 10.4. The lowest BCUT2D eigenvalue weighted by molar-refractivity contribution is -0.192. The SMILES string of the molecule is CC1CCN(C(=O)c2cc(NS(=O)(=O)c3ccc(F)cc3)cnc2N2CCNCC2)CC1.O=C(O)C(F)(F)F. The first-order chi connectivity index (χ1) is 18.3. The van der Waals surface area contributed by atoms with Crippen LogP contribution < -0.4 is 14.9 Å². The molecule has 10 nitrogen and oxygen atoms in total. The van der Waals surface area contributed by atoms with Crippen molar-refractivity contribution < 1.29 is 40.7 Å². The normalized spacial score (nSPS) is 16.7. The predicted molar refractivity (Wildman–Crippen MR) is 135 cm³/mol. The molecular formula is C24H29F4N5O5S. The number of benzene rings is 1. The van der Waals surface area contributed by atoms with Gasteiger partial charge in [0.1, 0.15) is 11.6 Å². The fraction of sp³-hybridized carbons (Fsp3) is 0.458. The van der Waals surface area contributed by atoms with Crippen LogP contribution in [0.2, 0.25) is 0 Å². The summed E-state index contributed by atoms with van der Waals surface area (Å²) in [6, 6.07) is 6.13. The van der Waals surface area contributed by atoms with Gasteiger partial charge >= 0.3 is 12.1 Å². The van der Waals surface area contributed by atoms with E-state index in [9.17, 15) is 30.8 Å². The van der Waals surface area contributed by atoms with E-state index in [1.54, 1.807) is 6.07 Å². The third kappa shape index (κ3) is 8.26. The smallest absolute Gasteiger partial charge is 0.475 e. The number of anilines is 2. The fourth-order valence-corrected chi connectivity index (χ4v) is 5.04. The van der Waals surface area contributed by atoms with Crippen LogP contribution in [0.4, 0.5) is 29.1 Å². The van der Waals surface area contributed by atoms with Crippen molar-refractivity contribution in [2.45, 2.75) is 30.8 Å². The average molecular weight is 576 g/mol. The molecule has 2 aromatic rings. The Morgan fingerprint density at radius 1 is 1.08 bits per heavy atom. The van der Waals surface area contributed by atoms with Crippen molar-refractivity contribution in [3.8, 4) is 0 Å². The van der Waals surface area contributed by atoms with Gasteiger partial charge in [0.2, 0.25) is 0 Å². The van der Waals surface area contributed by atoms with Gasteiger partial charge in [-0.25, -0.2) is 22.6 Å². The third-order valence-electron chi connectivity index (χ3n) is 6.20. The van der Waals surface area contributed by atoms with E-state index in [4.69, 9.17) is 9.90 Å². The molecule has 0 unspecified atom stereocenters. The Morgan fingerprint density at radius 3 is 2.18 bits per heavy atom. The van der Waals surface area contributed by atoms with Gasteiger partial charge in [0.25, 0.3) is 15.9 Å². The van der Waals surface area contributed by atoms with E-state index in [2.05, 4.69) is 26.8 Å². The van der Waals surface area contributed by atoms with Crippen LogP contribution >= 0.6 is 0 Å². The van der Waals surface area contributed by atoms with Crippen molar-refractivity contribution in [3.63, 3.8) is 0 Å². The van der Waals surface area contributed by atoms with Gasteiger partial charge in [0, 0.05) is 39.3 Å². The summed E-state index contributed by atoms with van der Waals surface area (Å²) < 4.78 is 72.9. The van der Waals surface area contributed by atoms with Crippen molar-refractivity contribution in [1.29, 1.82) is 0 Å². The quantitative estimate of drug-likeness (QED) is 0.464.